The monoisotopic (exact) mass is 208 g/mol. The number of rotatable bonds is 1. The largest absolute Gasteiger partial charge is 0.496 e. The average Bonchev–Trinajstić information content (AvgIpc) is 2.17. The molecule has 2 atom stereocenters. The molecule has 0 aromatic rings. The van der Waals surface area contributed by atoms with E-state index >= 15 is 0 Å². The summed E-state index contributed by atoms with van der Waals surface area (Å²) < 4.78 is 5.63. The molecule has 0 N–H and O–H groups in total. The van der Waals surface area contributed by atoms with Gasteiger partial charge in [-0.1, -0.05) is 26.3 Å². The molecule has 86 valence electrons. The third-order valence-corrected chi connectivity index (χ3v) is 4.22. The summed E-state index contributed by atoms with van der Waals surface area (Å²) in [6.07, 6.45) is 8.50. The molecule has 0 bridgehead atoms. The van der Waals surface area contributed by atoms with Crippen molar-refractivity contribution in [3.63, 3.8) is 0 Å². The summed E-state index contributed by atoms with van der Waals surface area (Å²) in [4.78, 5) is 0. The zero-order valence-corrected chi connectivity index (χ0v) is 10.2. The van der Waals surface area contributed by atoms with E-state index in [1.165, 1.54) is 32.1 Å². The summed E-state index contributed by atoms with van der Waals surface area (Å²) in [5.74, 6) is 3.79. The second-order valence-electron chi connectivity index (χ2n) is 5.69. The van der Waals surface area contributed by atoms with Crippen LogP contribution in [0.3, 0.4) is 0 Å². The molecule has 1 saturated heterocycles. The molecule has 1 unspecified atom stereocenters. The Balaban J connectivity index is 1.89. The van der Waals surface area contributed by atoms with E-state index in [2.05, 4.69) is 20.4 Å². The van der Waals surface area contributed by atoms with Crippen LogP contribution in [-0.2, 0) is 4.74 Å². The van der Waals surface area contributed by atoms with Gasteiger partial charge in [-0.2, -0.15) is 0 Å². The number of ether oxygens (including phenoxy) is 1. The van der Waals surface area contributed by atoms with Gasteiger partial charge in [0.15, 0.2) is 0 Å². The molecule has 0 amide bonds. The molecule has 1 saturated carbocycles. The second kappa shape index (κ2) is 4.59. The minimum absolute atomic E-state index is 0.399. The van der Waals surface area contributed by atoms with Gasteiger partial charge in [0.25, 0.3) is 0 Å². The van der Waals surface area contributed by atoms with Crippen molar-refractivity contribution in [3.05, 3.63) is 12.3 Å². The average molecular weight is 208 g/mol. The summed E-state index contributed by atoms with van der Waals surface area (Å²) in [7, 11) is 0. The highest BCUT2D eigenvalue weighted by atomic mass is 16.5. The first kappa shape index (κ1) is 11.0. The quantitative estimate of drug-likeness (QED) is 0.629. The lowest BCUT2D eigenvalue weighted by molar-refractivity contribution is 0.0324. The van der Waals surface area contributed by atoms with E-state index in [1.807, 2.05) is 0 Å². The summed E-state index contributed by atoms with van der Waals surface area (Å²) >= 11 is 0. The molecule has 2 fully saturated rings. The highest BCUT2D eigenvalue weighted by molar-refractivity contribution is 4.94. The maximum absolute atomic E-state index is 5.63. The summed E-state index contributed by atoms with van der Waals surface area (Å²) in [6.45, 7) is 8.58. The molecule has 1 aliphatic carbocycles. The Morgan fingerprint density at radius 1 is 1.07 bits per heavy atom. The van der Waals surface area contributed by atoms with Crippen molar-refractivity contribution < 1.29 is 4.74 Å². The first-order chi connectivity index (χ1) is 7.15. The number of hydrogen-bond donors (Lipinski definition) is 0. The molecule has 1 nitrogen and oxygen atoms in total. The third kappa shape index (κ3) is 2.76. The minimum atomic E-state index is 0.399. The van der Waals surface area contributed by atoms with Crippen LogP contribution in [0, 0.1) is 17.8 Å². The van der Waals surface area contributed by atoms with Gasteiger partial charge < -0.3 is 4.74 Å². The predicted molar refractivity (Wildman–Crippen MR) is 63.5 cm³/mol. The molecule has 2 rings (SSSR count). The SMILES string of the molecule is C=C1CC(C2CCC(C)CC2)C[C@@H](C)O1. The Morgan fingerprint density at radius 3 is 2.33 bits per heavy atom. The first-order valence-corrected chi connectivity index (χ1v) is 6.49. The fourth-order valence-corrected chi connectivity index (χ4v) is 3.30. The van der Waals surface area contributed by atoms with Crippen LogP contribution in [-0.4, -0.2) is 6.10 Å². The lowest BCUT2D eigenvalue weighted by Gasteiger charge is -2.37. The van der Waals surface area contributed by atoms with Crippen LogP contribution in [0.2, 0.25) is 0 Å². The zero-order valence-electron chi connectivity index (χ0n) is 10.2. The molecule has 0 aromatic heterocycles. The van der Waals surface area contributed by atoms with Crippen molar-refractivity contribution in [2.24, 2.45) is 17.8 Å². The minimum Gasteiger partial charge on any atom is -0.496 e. The van der Waals surface area contributed by atoms with E-state index in [-0.39, 0.29) is 0 Å². The molecule has 0 aromatic carbocycles. The van der Waals surface area contributed by atoms with Gasteiger partial charge in [-0.15, -0.1) is 0 Å². The highest BCUT2D eigenvalue weighted by Gasteiger charge is 2.31. The van der Waals surface area contributed by atoms with E-state index in [4.69, 9.17) is 4.74 Å². The Morgan fingerprint density at radius 2 is 1.73 bits per heavy atom. The van der Waals surface area contributed by atoms with E-state index < -0.39 is 0 Å². The van der Waals surface area contributed by atoms with E-state index in [0.717, 1.165) is 29.9 Å². The molecule has 2 aliphatic rings. The van der Waals surface area contributed by atoms with Crippen LogP contribution >= 0.6 is 0 Å². The van der Waals surface area contributed by atoms with Gasteiger partial charge in [0.1, 0.15) is 0 Å². The Kier molecular flexibility index (Phi) is 3.38. The van der Waals surface area contributed by atoms with Crippen molar-refractivity contribution >= 4 is 0 Å². The Hall–Kier alpha value is -0.460. The zero-order chi connectivity index (χ0) is 10.8. The fraction of sp³-hybridized carbons (Fsp3) is 0.857. The molecule has 0 radical (unpaired) electrons. The van der Waals surface area contributed by atoms with Gasteiger partial charge in [-0.3, -0.25) is 0 Å². The Labute approximate surface area is 93.9 Å². The van der Waals surface area contributed by atoms with Crippen LogP contribution < -0.4 is 0 Å². The standard InChI is InChI=1S/C14H24O/c1-10-4-6-13(7-5-10)14-8-11(2)15-12(3)9-14/h10,12-14H,2,4-9H2,1,3H3/t10?,12-,13?,14?/m1/s1. The van der Waals surface area contributed by atoms with Crippen LogP contribution in [0.25, 0.3) is 0 Å². The molecule has 1 heteroatoms. The van der Waals surface area contributed by atoms with Crippen LogP contribution in [0.4, 0.5) is 0 Å². The smallest absolute Gasteiger partial charge is 0.0957 e. The van der Waals surface area contributed by atoms with Gasteiger partial charge in [0.05, 0.1) is 11.9 Å². The maximum atomic E-state index is 5.63. The predicted octanol–water partition coefficient (Wildman–Crippen LogP) is 4.14. The van der Waals surface area contributed by atoms with Gasteiger partial charge in [0, 0.05) is 6.42 Å². The van der Waals surface area contributed by atoms with Crippen molar-refractivity contribution in [1.82, 2.24) is 0 Å². The summed E-state index contributed by atoms with van der Waals surface area (Å²) in [6, 6.07) is 0. The molecule has 1 heterocycles. The lowest BCUT2D eigenvalue weighted by atomic mass is 9.73. The van der Waals surface area contributed by atoms with Gasteiger partial charge >= 0.3 is 0 Å². The van der Waals surface area contributed by atoms with E-state index in [9.17, 15) is 0 Å². The lowest BCUT2D eigenvalue weighted by Crippen LogP contribution is -2.29. The second-order valence-corrected chi connectivity index (χ2v) is 5.69. The van der Waals surface area contributed by atoms with E-state index in [1.54, 1.807) is 0 Å². The molecule has 15 heavy (non-hydrogen) atoms. The van der Waals surface area contributed by atoms with Gasteiger partial charge in [-0.25, -0.2) is 0 Å². The number of hydrogen-bond acceptors (Lipinski definition) is 1. The van der Waals surface area contributed by atoms with Crippen molar-refractivity contribution in [3.8, 4) is 0 Å². The van der Waals surface area contributed by atoms with Gasteiger partial charge in [-0.05, 0) is 43.9 Å². The number of allylic oxidation sites excluding steroid dienone is 1. The van der Waals surface area contributed by atoms with Crippen LogP contribution in [0.15, 0.2) is 12.3 Å². The normalized spacial score (nSPS) is 42.4. The van der Waals surface area contributed by atoms with Crippen molar-refractivity contribution in [2.45, 2.75) is 58.5 Å². The molecular formula is C14H24O. The van der Waals surface area contributed by atoms with Crippen molar-refractivity contribution in [2.75, 3.05) is 0 Å². The van der Waals surface area contributed by atoms with Gasteiger partial charge in [0.2, 0.25) is 0 Å². The summed E-state index contributed by atoms with van der Waals surface area (Å²) in [5.41, 5.74) is 0. The topological polar surface area (TPSA) is 9.23 Å². The Bertz CT molecular complexity index is 225. The third-order valence-electron chi connectivity index (χ3n) is 4.22. The maximum Gasteiger partial charge on any atom is 0.0957 e. The van der Waals surface area contributed by atoms with Crippen molar-refractivity contribution in [1.29, 1.82) is 0 Å². The fourth-order valence-electron chi connectivity index (χ4n) is 3.30. The molecule has 0 spiro atoms. The molecular weight excluding hydrogens is 184 g/mol. The first-order valence-electron chi connectivity index (χ1n) is 6.49. The van der Waals surface area contributed by atoms with Crippen LogP contribution in [0.1, 0.15) is 52.4 Å². The highest BCUT2D eigenvalue weighted by Crippen LogP contribution is 2.40. The van der Waals surface area contributed by atoms with E-state index in [0.29, 0.717) is 6.10 Å². The van der Waals surface area contributed by atoms with Crippen LogP contribution in [0.5, 0.6) is 0 Å². The molecule has 1 aliphatic heterocycles. The summed E-state index contributed by atoms with van der Waals surface area (Å²) in [5, 5.41) is 0.